The zero-order chi connectivity index (χ0) is 13.9. The van der Waals surface area contributed by atoms with Crippen LogP contribution in [0.25, 0.3) is 0 Å². The number of guanidine groups is 1. The fourth-order valence-corrected chi connectivity index (χ4v) is 1.81. The highest BCUT2D eigenvalue weighted by Crippen LogP contribution is 2.04. The van der Waals surface area contributed by atoms with Gasteiger partial charge in [0.2, 0.25) is 0 Å². The Labute approximate surface area is 140 Å². The van der Waals surface area contributed by atoms with Crippen molar-refractivity contribution in [3.8, 4) is 0 Å². The number of aliphatic imine (C=N–C) groups is 1. The zero-order valence-corrected chi connectivity index (χ0v) is 14.8. The quantitative estimate of drug-likeness (QED) is 0.326. The number of hydrogen-bond acceptors (Lipinski definition) is 1. The molecule has 1 aromatic carbocycles. The van der Waals surface area contributed by atoms with Crippen LogP contribution in [0, 0.1) is 0 Å². The summed E-state index contributed by atoms with van der Waals surface area (Å²) < 4.78 is 0. The molecule has 0 fully saturated rings. The number of rotatable bonds is 7. The summed E-state index contributed by atoms with van der Waals surface area (Å²) in [6, 6.07) is 11.0. The van der Waals surface area contributed by atoms with Gasteiger partial charge in [-0.3, -0.25) is 0 Å². The minimum Gasteiger partial charge on any atom is -0.357 e. The fraction of sp³-hybridized carbons (Fsp3) is 0.438. The standard InChI is InChI=1S/C16H25N3.HI/c1-4-13-18-16(17-5-2)19-14(3)11-12-15-9-7-6-8-10-15;/h4,6-10,14H,1,5,11-13H2,2-3H3,(H2,17,18,19);1H. The number of hydrogen-bond donors (Lipinski definition) is 2. The molecule has 2 N–H and O–H groups in total. The van der Waals surface area contributed by atoms with E-state index < -0.39 is 0 Å². The molecule has 0 aromatic heterocycles. The summed E-state index contributed by atoms with van der Waals surface area (Å²) in [5.74, 6) is 0.864. The third kappa shape index (κ3) is 8.19. The van der Waals surface area contributed by atoms with Crippen molar-refractivity contribution >= 4 is 29.9 Å². The van der Waals surface area contributed by atoms with Crippen molar-refractivity contribution in [1.29, 1.82) is 0 Å². The lowest BCUT2D eigenvalue weighted by Gasteiger charge is -2.17. The molecular weight excluding hydrogens is 361 g/mol. The molecule has 0 amide bonds. The van der Waals surface area contributed by atoms with Crippen molar-refractivity contribution in [3.05, 3.63) is 48.6 Å². The molecule has 20 heavy (non-hydrogen) atoms. The molecule has 0 aliphatic carbocycles. The topological polar surface area (TPSA) is 36.4 Å². The van der Waals surface area contributed by atoms with Crippen molar-refractivity contribution in [2.75, 3.05) is 13.1 Å². The average molecular weight is 387 g/mol. The molecule has 0 aliphatic rings. The maximum Gasteiger partial charge on any atom is 0.191 e. The average Bonchev–Trinajstić information content (AvgIpc) is 2.44. The van der Waals surface area contributed by atoms with E-state index in [1.54, 1.807) is 6.08 Å². The number of nitrogens with one attached hydrogen (secondary N) is 2. The highest BCUT2D eigenvalue weighted by molar-refractivity contribution is 14.0. The molecule has 0 saturated carbocycles. The van der Waals surface area contributed by atoms with Crippen molar-refractivity contribution < 1.29 is 0 Å². The number of aryl methyl sites for hydroxylation is 1. The lowest BCUT2D eigenvalue weighted by atomic mass is 10.1. The van der Waals surface area contributed by atoms with E-state index in [2.05, 4.69) is 66.4 Å². The first kappa shape index (κ1) is 19.0. The van der Waals surface area contributed by atoms with Gasteiger partial charge in [0.15, 0.2) is 5.96 Å². The summed E-state index contributed by atoms with van der Waals surface area (Å²) in [6.45, 7) is 9.45. The van der Waals surface area contributed by atoms with E-state index in [1.807, 2.05) is 0 Å². The molecule has 1 aromatic rings. The van der Waals surface area contributed by atoms with Crippen molar-refractivity contribution in [2.24, 2.45) is 4.99 Å². The maximum atomic E-state index is 4.40. The SMILES string of the molecule is C=CCN=C(NCC)NC(C)CCc1ccccc1.I. The number of nitrogens with zero attached hydrogens (tertiary/aromatic N) is 1. The van der Waals surface area contributed by atoms with Crippen LogP contribution >= 0.6 is 24.0 Å². The monoisotopic (exact) mass is 387 g/mol. The highest BCUT2D eigenvalue weighted by Gasteiger charge is 2.04. The molecule has 0 spiro atoms. The van der Waals surface area contributed by atoms with Crippen molar-refractivity contribution in [3.63, 3.8) is 0 Å². The summed E-state index contributed by atoms with van der Waals surface area (Å²) in [4.78, 5) is 4.40. The lowest BCUT2D eigenvalue weighted by Crippen LogP contribution is -2.42. The van der Waals surface area contributed by atoms with Gasteiger partial charge >= 0.3 is 0 Å². The van der Waals surface area contributed by atoms with Gasteiger partial charge in [-0.1, -0.05) is 36.4 Å². The second-order valence-electron chi connectivity index (χ2n) is 4.58. The van der Waals surface area contributed by atoms with E-state index in [1.165, 1.54) is 5.56 Å². The van der Waals surface area contributed by atoms with Crippen LogP contribution in [-0.4, -0.2) is 25.1 Å². The molecule has 0 saturated heterocycles. The molecule has 1 unspecified atom stereocenters. The minimum absolute atomic E-state index is 0. The summed E-state index contributed by atoms with van der Waals surface area (Å²) in [5, 5.41) is 6.65. The molecule has 0 heterocycles. The van der Waals surface area contributed by atoms with Crippen LogP contribution in [0.3, 0.4) is 0 Å². The molecule has 4 heteroatoms. The van der Waals surface area contributed by atoms with E-state index in [0.717, 1.165) is 25.3 Å². The first-order valence-electron chi connectivity index (χ1n) is 6.96. The molecular formula is C16H26IN3. The highest BCUT2D eigenvalue weighted by atomic mass is 127. The van der Waals surface area contributed by atoms with Gasteiger partial charge in [0.1, 0.15) is 0 Å². The number of halogens is 1. The zero-order valence-electron chi connectivity index (χ0n) is 12.4. The van der Waals surface area contributed by atoms with Crippen LogP contribution in [0.4, 0.5) is 0 Å². The smallest absolute Gasteiger partial charge is 0.191 e. The Morgan fingerprint density at radius 1 is 1.35 bits per heavy atom. The van der Waals surface area contributed by atoms with E-state index in [0.29, 0.717) is 12.6 Å². The van der Waals surface area contributed by atoms with E-state index in [-0.39, 0.29) is 24.0 Å². The maximum absolute atomic E-state index is 4.40. The Balaban J connectivity index is 0.00000361. The minimum atomic E-state index is 0. The second kappa shape index (κ2) is 11.8. The van der Waals surface area contributed by atoms with E-state index in [4.69, 9.17) is 0 Å². The Kier molecular flexibility index (Phi) is 11.1. The predicted octanol–water partition coefficient (Wildman–Crippen LogP) is 3.37. The van der Waals surface area contributed by atoms with Crippen LogP contribution in [0.15, 0.2) is 48.0 Å². The first-order chi connectivity index (χ1) is 9.26. The van der Waals surface area contributed by atoms with Gasteiger partial charge in [-0.25, -0.2) is 4.99 Å². The molecule has 112 valence electrons. The largest absolute Gasteiger partial charge is 0.357 e. The van der Waals surface area contributed by atoms with E-state index >= 15 is 0 Å². The summed E-state index contributed by atoms with van der Waals surface area (Å²) in [7, 11) is 0. The third-order valence-corrected chi connectivity index (χ3v) is 2.81. The number of benzene rings is 1. The van der Waals surface area contributed by atoms with Crippen molar-refractivity contribution in [1.82, 2.24) is 10.6 Å². The van der Waals surface area contributed by atoms with Crippen LogP contribution < -0.4 is 10.6 Å². The van der Waals surface area contributed by atoms with Gasteiger partial charge in [0, 0.05) is 12.6 Å². The summed E-state index contributed by atoms with van der Waals surface area (Å²) in [6.07, 6.45) is 3.96. The Hall–Kier alpha value is -1.04. The predicted molar refractivity (Wildman–Crippen MR) is 99.0 cm³/mol. The molecule has 0 bridgehead atoms. The molecule has 0 aliphatic heterocycles. The van der Waals surface area contributed by atoms with Crippen LogP contribution in [0.1, 0.15) is 25.8 Å². The van der Waals surface area contributed by atoms with Crippen LogP contribution in [-0.2, 0) is 6.42 Å². The lowest BCUT2D eigenvalue weighted by molar-refractivity contribution is 0.594. The normalized spacial score (nSPS) is 12.2. The van der Waals surface area contributed by atoms with Gasteiger partial charge < -0.3 is 10.6 Å². The Morgan fingerprint density at radius 2 is 2.05 bits per heavy atom. The third-order valence-electron chi connectivity index (χ3n) is 2.81. The Bertz CT molecular complexity index is 390. The van der Waals surface area contributed by atoms with Crippen LogP contribution in [0.2, 0.25) is 0 Å². The molecule has 3 nitrogen and oxygen atoms in total. The van der Waals surface area contributed by atoms with Gasteiger partial charge in [0.05, 0.1) is 6.54 Å². The van der Waals surface area contributed by atoms with Gasteiger partial charge in [-0.15, -0.1) is 30.6 Å². The van der Waals surface area contributed by atoms with Crippen LogP contribution in [0.5, 0.6) is 0 Å². The van der Waals surface area contributed by atoms with Gasteiger partial charge in [0.25, 0.3) is 0 Å². The fourth-order valence-electron chi connectivity index (χ4n) is 1.81. The molecule has 1 rings (SSSR count). The second-order valence-corrected chi connectivity index (χ2v) is 4.58. The summed E-state index contributed by atoms with van der Waals surface area (Å²) in [5.41, 5.74) is 1.38. The summed E-state index contributed by atoms with van der Waals surface area (Å²) >= 11 is 0. The Morgan fingerprint density at radius 3 is 2.65 bits per heavy atom. The van der Waals surface area contributed by atoms with E-state index in [9.17, 15) is 0 Å². The molecule has 0 radical (unpaired) electrons. The molecule has 1 atom stereocenters. The van der Waals surface area contributed by atoms with Gasteiger partial charge in [-0.2, -0.15) is 0 Å². The first-order valence-corrected chi connectivity index (χ1v) is 6.96. The van der Waals surface area contributed by atoms with Gasteiger partial charge in [-0.05, 0) is 32.3 Å². The van der Waals surface area contributed by atoms with Crippen molar-refractivity contribution in [2.45, 2.75) is 32.7 Å².